The molecule has 0 atom stereocenters. The van der Waals surface area contributed by atoms with Gasteiger partial charge in [-0.1, -0.05) is 11.2 Å². The summed E-state index contributed by atoms with van der Waals surface area (Å²) in [5.74, 6) is 1.67. The number of aromatic nitrogens is 2. The van der Waals surface area contributed by atoms with Crippen molar-refractivity contribution in [2.45, 2.75) is 20.4 Å². The first-order chi connectivity index (χ1) is 7.24. The first-order valence-electron chi connectivity index (χ1n) is 4.84. The van der Waals surface area contributed by atoms with Crippen molar-refractivity contribution in [2.75, 3.05) is 5.32 Å². The van der Waals surface area contributed by atoms with Crippen LogP contribution in [-0.4, -0.2) is 10.1 Å². The fourth-order valence-electron chi connectivity index (χ4n) is 1.32. The monoisotopic (exact) mass is 203 g/mol. The Kier molecular flexibility index (Phi) is 2.67. The zero-order valence-electron chi connectivity index (χ0n) is 8.82. The maximum absolute atomic E-state index is 5.08. The van der Waals surface area contributed by atoms with Crippen LogP contribution in [0.3, 0.4) is 0 Å². The van der Waals surface area contributed by atoms with Gasteiger partial charge in [-0.2, -0.15) is 0 Å². The molecule has 0 fully saturated rings. The molecule has 0 unspecified atom stereocenters. The van der Waals surface area contributed by atoms with Crippen molar-refractivity contribution < 1.29 is 4.52 Å². The van der Waals surface area contributed by atoms with E-state index < -0.39 is 0 Å². The molecule has 0 aromatic carbocycles. The van der Waals surface area contributed by atoms with Crippen LogP contribution in [-0.2, 0) is 6.54 Å². The van der Waals surface area contributed by atoms with Gasteiger partial charge in [0.25, 0.3) is 0 Å². The molecule has 1 N–H and O–H groups in total. The van der Waals surface area contributed by atoms with Crippen molar-refractivity contribution in [2.24, 2.45) is 0 Å². The first kappa shape index (κ1) is 9.71. The van der Waals surface area contributed by atoms with Crippen LogP contribution in [0.4, 0.5) is 5.82 Å². The summed E-state index contributed by atoms with van der Waals surface area (Å²) in [4.78, 5) is 4.32. The second-order valence-corrected chi connectivity index (χ2v) is 3.45. The number of anilines is 1. The first-order valence-corrected chi connectivity index (χ1v) is 4.84. The van der Waals surface area contributed by atoms with E-state index in [-0.39, 0.29) is 0 Å². The highest BCUT2D eigenvalue weighted by molar-refractivity contribution is 5.35. The van der Waals surface area contributed by atoms with E-state index in [2.05, 4.69) is 15.5 Å². The Morgan fingerprint density at radius 2 is 2.13 bits per heavy atom. The SMILES string of the molecule is Cc1cc(CNc2cccc(C)n2)on1. The molecular formula is C11H13N3O. The molecule has 2 aromatic heterocycles. The lowest BCUT2D eigenvalue weighted by molar-refractivity contribution is 0.384. The molecule has 0 bridgehead atoms. The summed E-state index contributed by atoms with van der Waals surface area (Å²) in [5, 5.41) is 6.98. The van der Waals surface area contributed by atoms with Gasteiger partial charge in [0.2, 0.25) is 0 Å². The van der Waals surface area contributed by atoms with Crippen LogP contribution in [0.15, 0.2) is 28.8 Å². The molecule has 0 aliphatic rings. The Bertz CT molecular complexity index is 451. The minimum Gasteiger partial charge on any atom is -0.363 e. The Morgan fingerprint density at radius 3 is 2.80 bits per heavy atom. The number of hydrogen-bond acceptors (Lipinski definition) is 4. The summed E-state index contributed by atoms with van der Waals surface area (Å²) in [5.41, 5.74) is 1.89. The lowest BCUT2D eigenvalue weighted by Gasteiger charge is -2.02. The number of aryl methyl sites for hydroxylation is 2. The molecule has 15 heavy (non-hydrogen) atoms. The van der Waals surface area contributed by atoms with E-state index in [0.717, 1.165) is 23.0 Å². The molecule has 0 spiro atoms. The van der Waals surface area contributed by atoms with Gasteiger partial charge in [0.1, 0.15) is 5.82 Å². The molecular weight excluding hydrogens is 190 g/mol. The number of hydrogen-bond donors (Lipinski definition) is 1. The maximum Gasteiger partial charge on any atom is 0.156 e. The van der Waals surface area contributed by atoms with Gasteiger partial charge in [-0.05, 0) is 26.0 Å². The average molecular weight is 203 g/mol. The normalized spacial score (nSPS) is 10.3. The fraction of sp³-hybridized carbons (Fsp3) is 0.273. The highest BCUT2D eigenvalue weighted by atomic mass is 16.5. The minimum atomic E-state index is 0.608. The van der Waals surface area contributed by atoms with Crippen molar-refractivity contribution in [3.63, 3.8) is 0 Å². The molecule has 4 nitrogen and oxygen atoms in total. The number of pyridine rings is 1. The predicted molar refractivity (Wildman–Crippen MR) is 57.5 cm³/mol. The van der Waals surface area contributed by atoms with Crippen molar-refractivity contribution >= 4 is 5.82 Å². The van der Waals surface area contributed by atoms with Gasteiger partial charge < -0.3 is 9.84 Å². The van der Waals surface area contributed by atoms with Crippen molar-refractivity contribution in [1.29, 1.82) is 0 Å². The Balaban J connectivity index is 1.99. The molecule has 0 saturated heterocycles. The molecule has 0 saturated carbocycles. The van der Waals surface area contributed by atoms with E-state index in [0.29, 0.717) is 6.54 Å². The van der Waals surface area contributed by atoms with Crippen molar-refractivity contribution in [1.82, 2.24) is 10.1 Å². The summed E-state index contributed by atoms with van der Waals surface area (Å²) >= 11 is 0. The fourth-order valence-corrected chi connectivity index (χ4v) is 1.32. The van der Waals surface area contributed by atoms with Gasteiger partial charge in [0.05, 0.1) is 12.2 Å². The zero-order valence-corrected chi connectivity index (χ0v) is 8.82. The molecule has 4 heteroatoms. The maximum atomic E-state index is 5.08. The summed E-state index contributed by atoms with van der Waals surface area (Å²) in [6, 6.07) is 7.76. The van der Waals surface area contributed by atoms with Gasteiger partial charge in [0.15, 0.2) is 5.76 Å². The second kappa shape index (κ2) is 4.13. The quantitative estimate of drug-likeness (QED) is 0.831. The molecule has 0 aliphatic heterocycles. The zero-order chi connectivity index (χ0) is 10.7. The smallest absolute Gasteiger partial charge is 0.156 e. The van der Waals surface area contributed by atoms with Crippen molar-refractivity contribution in [3.05, 3.63) is 41.4 Å². The number of nitrogens with one attached hydrogen (secondary N) is 1. The number of rotatable bonds is 3. The highest BCUT2D eigenvalue weighted by Gasteiger charge is 2.00. The van der Waals surface area contributed by atoms with Gasteiger partial charge in [-0.3, -0.25) is 0 Å². The van der Waals surface area contributed by atoms with E-state index in [4.69, 9.17) is 4.52 Å². The molecule has 2 rings (SSSR count). The minimum absolute atomic E-state index is 0.608. The van der Waals surface area contributed by atoms with Crippen LogP contribution in [0, 0.1) is 13.8 Å². The van der Waals surface area contributed by atoms with Gasteiger partial charge in [0, 0.05) is 11.8 Å². The van der Waals surface area contributed by atoms with Crippen LogP contribution in [0.1, 0.15) is 17.1 Å². The molecule has 2 aromatic rings. The van der Waals surface area contributed by atoms with Gasteiger partial charge >= 0.3 is 0 Å². The third-order valence-corrected chi connectivity index (χ3v) is 2.01. The van der Waals surface area contributed by atoms with Gasteiger partial charge in [-0.25, -0.2) is 4.98 Å². The van der Waals surface area contributed by atoms with E-state index in [1.54, 1.807) is 0 Å². The van der Waals surface area contributed by atoms with Crippen LogP contribution in [0.5, 0.6) is 0 Å². The molecule has 78 valence electrons. The van der Waals surface area contributed by atoms with Crippen LogP contribution in [0.2, 0.25) is 0 Å². The van der Waals surface area contributed by atoms with Crippen molar-refractivity contribution in [3.8, 4) is 0 Å². The second-order valence-electron chi connectivity index (χ2n) is 3.45. The standard InChI is InChI=1S/C11H13N3O/c1-8-4-3-5-11(13-8)12-7-10-6-9(2)14-15-10/h3-6H,7H2,1-2H3,(H,12,13). The molecule has 2 heterocycles. The van der Waals surface area contributed by atoms with Crippen LogP contribution >= 0.6 is 0 Å². The Labute approximate surface area is 88.3 Å². The van der Waals surface area contributed by atoms with Crippen LogP contribution in [0.25, 0.3) is 0 Å². The molecule has 0 radical (unpaired) electrons. The summed E-state index contributed by atoms with van der Waals surface area (Å²) in [6.07, 6.45) is 0. The van der Waals surface area contributed by atoms with E-state index in [1.807, 2.05) is 38.1 Å². The summed E-state index contributed by atoms with van der Waals surface area (Å²) in [6.45, 7) is 4.47. The predicted octanol–water partition coefficient (Wildman–Crippen LogP) is 2.30. The Hall–Kier alpha value is -1.84. The molecule has 0 aliphatic carbocycles. The van der Waals surface area contributed by atoms with E-state index in [1.165, 1.54) is 0 Å². The van der Waals surface area contributed by atoms with Gasteiger partial charge in [-0.15, -0.1) is 0 Å². The van der Waals surface area contributed by atoms with E-state index >= 15 is 0 Å². The third kappa shape index (κ3) is 2.56. The topological polar surface area (TPSA) is 51.0 Å². The van der Waals surface area contributed by atoms with Crippen LogP contribution < -0.4 is 5.32 Å². The molecule has 0 amide bonds. The lowest BCUT2D eigenvalue weighted by atomic mass is 10.3. The lowest BCUT2D eigenvalue weighted by Crippen LogP contribution is -2.00. The summed E-state index contributed by atoms with van der Waals surface area (Å²) < 4.78 is 5.08. The largest absolute Gasteiger partial charge is 0.363 e. The third-order valence-electron chi connectivity index (χ3n) is 2.01. The number of nitrogens with zero attached hydrogens (tertiary/aromatic N) is 2. The summed E-state index contributed by atoms with van der Waals surface area (Å²) in [7, 11) is 0. The average Bonchev–Trinajstić information content (AvgIpc) is 2.62. The van der Waals surface area contributed by atoms with E-state index in [9.17, 15) is 0 Å². The highest BCUT2D eigenvalue weighted by Crippen LogP contribution is 2.07. The Morgan fingerprint density at radius 1 is 1.27 bits per heavy atom.